The molecule has 20 heavy (non-hydrogen) atoms. The summed E-state index contributed by atoms with van der Waals surface area (Å²) in [5.41, 5.74) is 2.75. The number of rotatable bonds is 4. The molecule has 2 aromatic rings. The number of methoxy groups -OCH3 is 1. The zero-order valence-electron chi connectivity index (χ0n) is 11.7. The third-order valence-corrected chi connectivity index (χ3v) is 3.19. The van der Waals surface area contributed by atoms with Crippen LogP contribution in [0.2, 0.25) is 0 Å². The number of aryl methyl sites for hydroxylation is 1. The molecule has 2 rings (SSSR count). The summed E-state index contributed by atoms with van der Waals surface area (Å²) in [4.78, 5) is 11.3. The van der Waals surface area contributed by atoms with E-state index in [1.807, 2.05) is 24.3 Å². The Bertz CT molecular complexity index is 603. The smallest absolute Gasteiger partial charge is 0.337 e. The van der Waals surface area contributed by atoms with Crippen LogP contribution >= 0.6 is 0 Å². The summed E-state index contributed by atoms with van der Waals surface area (Å²) in [6.07, 6.45) is 2.10. The van der Waals surface area contributed by atoms with Gasteiger partial charge in [0, 0.05) is 5.56 Å². The first kappa shape index (κ1) is 14.3. The van der Waals surface area contributed by atoms with E-state index in [2.05, 4.69) is 11.7 Å². The Hall–Kier alpha value is -2.16. The topological polar surface area (TPSA) is 26.3 Å². The van der Waals surface area contributed by atoms with Crippen LogP contribution in [0.25, 0.3) is 11.1 Å². The van der Waals surface area contributed by atoms with Crippen LogP contribution in [0.1, 0.15) is 29.3 Å². The van der Waals surface area contributed by atoms with Crippen LogP contribution in [0.4, 0.5) is 4.39 Å². The number of ether oxygens (including phenoxy) is 1. The predicted octanol–water partition coefficient (Wildman–Crippen LogP) is 4.23. The quantitative estimate of drug-likeness (QED) is 0.778. The number of carbonyl (C=O) groups excluding carboxylic acids is 1. The van der Waals surface area contributed by atoms with Gasteiger partial charge in [-0.05, 0) is 29.7 Å². The highest BCUT2D eigenvalue weighted by Gasteiger charge is 2.11. The van der Waals surface area contributed by atoms with Gasteiger partial charge in [-0.15, -0.1) is 0 Å². The molecule has 3 heteroatoms. The fourth-order valence-corrected chi connectivity index (χ4v) is 2.13. The molecule has 0 aliphatic carbocycles. The summed E-state index contributed by atoms with van der Waals surface area (Å²) >= 11 is 0. The number of halogens is 1. The second-order valence-electron chi connectivity index (χ2n) is 4.63. The molecule has 0 aliphatic rings. The van der Waals surface area contributed by atoms with Gasteiger partial charge in [0.2, 0.25) is 0 Å². The fourth-order valence-electron chi connectivity index (χ4n) is 2.13. The first-order valence-electron chi connectivity index (χ1n) is 6.63. The SMILES string of the molecule is CCCc1ccc(-c2ccc(C(=O)OC)cc2F)cc1. The lowest BCUT2D eigenvalue weighted by atomic mass is 10.0. The first-order valence-corrected chi connectivity index (χ1v) is 6.63. The van der Waals surface area contributed by atoms with Crippen molar-refractivity contribution in [3.05, 3.63) is 59.4 Å². The second-order valence-corrected chi connectivity index (χ2v) is 4.63. The van der Waals surface area contributed by atoms with Crippen molar-refractivity contribution in [1.82, 2.24) is 0 Å². The van der Waals surface area contributed by atoms with Gasteiger partial charge in [-0.25, -0.2) is 9.18 Å². The zero-order chi connectivity index (χ0) is 14.5. The summed E-state index contributed by atoms with van der Waals surface area (Å²) in [6, 6.07) is 12.2. The molecule has 0 spiro atoms. The Kier molecular flexibility index (Phi) is 4.51. The van der Waals surface area contributed by atoms with Gasteiger partial charge in [0.25, 0.3) is 0 Å². The fraction of sp³-hybridized carbons (Fsp3) is 0.235. The number of esters is 1. The van der Waals surface area contributed by atoms with E-state index in [4.69, 9.17) is 0 Å². The summed E-state index contributed by atoms with van der Waals surface area (Å²) < 4.78 is 18.6. The Morgan fingerprint density at radius 3 is 2.40 bits per heavy atom. The van der Waals surface area contributed by atoms with Crippen LogP contribution < -0.4 is 0 Å². The maximum Gasteiger partial charge on any atom is 0.337 e. The molecule has 0 saturated carbocycles. The number of hydrogen-bond donors (Lipinski definition) is 0. The zero-order valence-corrected chi connectivity index (χ0v) is 11.7. The second kappa shape index (κ2) is 6.33. The molecule has 2 aromatic carbocycles. The first-order chi connectivity index (χ1) is 9.65. The highest BCUT2D eigenvalue weighted by molar-refractivity contribution is 5.90. The van der Waals surface area contributed by atoms with Gasteiger partial charge in [-0.3, -0.25) is 0 Å². The minimum Gasteiger partial charge on any atom is -0.465 e. The Morgan fingerprint density at radius 1 is 1.15 bits per heavy atom. The molecule has 0 aliphatic heterocycles. The van der Waals surface area contributed by atoms with Crippen molar-refractivity contribution < 1.29 is 13.9 Å². The summed E-state index contributed by atoms with van der Waals surface area (Å²) in [5, 5.41) is 0. The molecule has 2 nitrogen and oxygen atoms in total. The van der Waals surface area contributed by atoms with Crippen molar-refractivity contribution in [3.63, 3.8) is 0 Å². The molecule has 0 saturated heterocycles. The molecule has 0 radical (unpaired) electrons. The Balaban J connectivity index is 2.30. The van der Waals surface area contributed by atoms with E-state index in [1.54, 1.807) is 12.1 Å². The van der Waals surface area contributed by atoms with Crippen molar-refractivity contribution in [3.8, 4) is 11.1 Å². The summed E-state index contributed by atoms with van der Waals surface area (Å²) in [5.74, 6) is -0.954. The van der Waals surface area contributed by atoms with E-state index in [1.165, 1.54) is 18.7 Å². The van der Waals surface area contributed by atoms with Gasteiger partial charge < -0.3 is 4.74 Å². The van der Waals surface area contributed by atoms with E-state index in [0.29, 0.717) is 5.56 Å². The van der Waals surface area contributed by atoms with Crippen LogP contribution in [-0.4, -0.2) is 13.1 Å². The van der Waals surface area contributed by atoms with E-state index in [9.17, 15) is 9.18 Å². The van der Waals surface area contributed by atoms with Crippen LogP contribution in [0.3, 0.4) is 0 Å². The Morgan fingerprint density at radius 2 is 1.85 bits per heavy atom. The predicted molar refractivity (Wildman–Crippen MR) is 77.2 cm³/mol. The van der Waals surface area contributed by atoms with Gasteiger partial charge >= 0.3 is 5.97 Å². The average molecular weight is 272 g/mol. The maximum absolute atomic E-state index is 14.1. The third kappa shape index (κ3) is 3.05. The molecular weight excluding hydrogens is 255 g/mol. The lowest BCUT2D eigenvalue weighted by Crippen LogP contribution is -2.01. The number of hydrogen-bond acceptors (Lipinski definition) is 2. The minimum atomic E-state index is -0.534. The van der Waals surface area contributed by atoms with Gasteiger partial charge in [0.05, 0.1) is 12.7 Å². The standard InChI is InChI=1S/C17H17FO2/c1-3-4-12-5-7-13(8-6-12)15-10-9-14(11-16(15)18)17(19)20-2/h5-11H,3-4H2,1-2H3. The van der Waals surface area contributed by atoms with Crippen molar-refractivity contribution in [2.75, 3.05) is 7.11 Å². The monoisotopic (exact) mass is 272 g/mol. The normalized spacial score (nSPS) is 10.3. The lowest BCUT2D eigenvalue weighted by molar-refractivity contribution is 0.0600. The van der Waals surface area contributed by atoms with Crippen molar-refractivity contribution in [2.45, 2.75) is 19.8 Å². The van der Waals surface area contributed by atoms with Crippen LogP contribution in [0.5, 0.6) is 0 Å². The number of carbonyl (C=O) groups is 1. The maximum atomic E-state index is 14.1. The highest BCUT2D eigenvalue weighted by Crippen LogP contribution is 2.24. The van der Waals surface area contributed by atoms with Crippen LogP contribution in [0, 0.1) is 5.82 Å². The van der Waals surface area contributed by atoms with E-state index < -0.39 is 11.8 Å². The summed E-state index contributed by atoms with van der Waals surface area (Å²) in [7, 11) is 1.28. The minimum absolute atomic E-state index is 0.219. The molecule has 0 amide bonds. The van der Waals surface area contributed by atoms with Crippen LogP contribution in [-0.2, 0) is 11.2 Å². The summed E-state index contributed by atoms with van der Waals surface area (Å²) in [6.45, 7) is 2.12. The highest BCUT2D eigenvalue weighted by atomic mass is 19.1. The van der Waals surface area contributed by atoms with E-state index in [0.717, 1.165) is 18.4 Å². The van der Waals surface area contributed by atoms with Crippen molar-refractivity contribution >= 4 is 5.97 Å². The van der Waals surface area contributed by atoms with E-state index >= 15 is 0 Å². The molecular formula is C17H17FO2. The van der Waals surface area contributed by atoms with Crippen molar-refractivity contribution in [1.29, 1.82) is 0 Å². The van der Waals surface area contributed by atoms with Gasteiger partial charge in [0.1, 0.15) is 5.82 Å². The van der Waals surface area contributed by atoms with E-state index in [-0.39, 0.29) is 5.56 Å². The van der Waals surface area contributed by atoms with Gasteiger partial charge in [-0.1, -0.05) is 43.7 Å². The number of benzene rings is 2. The molecule has 104 valence electrons. The van der Waals surface area contributed by atoms with Crippen molar-refractivity contribution in [2.24, 2.45) is 0 Å². The average Bonchev–Trinajstić information content (AvgIpc) is 2.47. The molecule has 0 unspecified atom stereocenters. The Labute approximate surface area is 118 Å². The molecule has 0 aromatic heterocycles. The van der Waals surface area contributed by atoms with Gasteiger partial charge in [-0.2, -0.15) is 0 Å². The van der Waals surface area contributed by atoms with Crippen LogP contribution in [0.15, 0.2) is 42.5 Å². The third-order valence-electron chi connectivity index (χ3n) is 3.19. The van der Waals surface area contributed by atoms with Gasteiger partial charge in [0.15, 0.2) is 0 Å². The molecule has 0 N–H and O–H groups in total. The lowest BCUT2D eigenvalue weighted by Gasteiger charge is -2.07. The molecule has 0 heterocycles. The molecule has 0 fully saturated rings. The molecule has 0 atom stereocenters. The largest absolute Gasteiger partial charge is 0.465 e. The molecule has 0 bridgehead atoms.